The van der Waals surface area contributed by atoms with E-state index in [-0.39, 0.29) is 12.4 Å². The first-order valence-electron chi connectivity index (χ1n) is 3.74. The Bertz CT molecular complexity index is 88.7. The van der Waals surface area contributed by atoms with Gasteiger partial charge in [-0.3, -0.25) is 0 Å². The fourth-order valence-corrected chi connectivity index (χ4v) is 1.81. The lowest BCUT2D eigenvalue weighted by Crippen LogP contribution is -2.39. The molecule has 0 aliphatic carbocycles. The van der Waals surface area contributed by atoms with E-state index in [1.807, 2.05) is 0 Å². The van der Waals surface area contributed by atoms with E-state index in [0.29, 0.717) is 5.54 Å². The van der Waals surface area contributed by atoms with Crippen LogP contribution >= 0.6 is 12.4 Å². The first-order chi connectivity index (χ1) is 4.41. The van der Waals surface area contributed by atoms with Gasteiger partial charge in [0, 0.05) is 12.1 Å². The van der Waals surface area contributed by atoms with E-state index in [0.717, 1.165) is 13.2 Å². The van der Waals surface area contributed by atoms with Gasteiger partial charge in [-0.25, -0.2) is 0 Å². The molecule has 0 saturated carbocycles. The van der Waals surface area contributed by atoms with E-state index in [9.17, 15) is 0 Å². The molecule has 3 heteroatoms. The van der Waals surface area contributed by atoms with Crippen LogP contribution in [0.5, 0.6) is 0 Å². The Kier molecular flexibility index (Phi) is 2.55. The Labute approximate surface area is 67.7 Å². The van der Waals surface area contributed by atoms with Crippen LogP contribution in [0.1, 0.15) is 19.3 Å². The molecule has 0 aromatic rings. The van der Waals surface area contributed by atoms with Crippen molar-refractivity contribution in [3.05, 3.63) is 0 Å². The molecule has 1 unspecified atom stereocenters. The van der Waals surface area contributed by atoms with Gasteiger partial charge in [0.05, 0.1) is 6.61 Å². The quantitative estimate of drug-likeness (QED) is 0.574. The van der Waals surface area contributed by atoms with Gasteiger partial charge in [-0.2, -0.15) is 0 Å². The predicted octanol–water partition coefficient (Wildman–Crippen LogP) is 0.951. The van der Waals surface area contributed by atoms with E-state index in [2.05, 4.69) is 5.32 Å². The van der Waals surface area contributed by atoms with Gasteiger partial charge in [0.2, 0.25) is 0 Å². The van der Waals surface area contributed by atoms with Crippen LogP contribution in [0.3, 0.4) is 0 Å². The van der Waals surface area contributed by atoms with Gasteiger partial charge in [-0.15, -0.1) is 12.4 Å². The third-order valence-corrected chi connectivity index (χ3v) is 2.44. The van der Waals surface area contributed by atoms with E-state index in [4.69, 9.17) is 4.74 Å². The van der Waals surface area contributed by atoms with Gasteiger partial charge >= 0.3 is 0 Å². The Morgan fingerprint density at radius 2 is 2.20 bits per heavy atom. The molecule has 2 fully saturated rings. The number of halogens is 1. The molecular weight excluding hydrogens is 150 g/mol. The molecule has 0 aromatic heterocycles. The van der Waals surface area contributed by atoms with Crippen molar-refractivity contribution >= 4 is 12.4 Å². The summed E-state index contributed by atoms with van der Waals surface area (Å²) in [6.45, 7) is 3.11. The molecule has 60 valence electrons. The molecule has 10 heavy (non-hydrogen) atoms. The smallest absolute Gasteiger partial charge is 0.0649 e. The summed E-state index contributed by atoms with van der Waals surface area (Å²) >= 11 is 0. The van der Waals surface area contributed by atoms with Crippen molar-refractivity contribution in [3.8, 4) is 0 Å². The number of hydrogen-bond acceptors (Lipinski definition) is 2. The Morgan fingerprint density at radius 1 is 1.30 bits per heavy atom. The van der Waals surface area contributed by atoms with Crippen LogP contribution in [0.15, 0.2) is 0 Å². The first kappa shape index (κ1) is 8.31. The summed E-state index contributed by atoms with van der Waals surface area (Å²) in [5.74, 6) is 0. The predicted molar refractivity (Wildman–Crippen MR) is 42.7 cm³/mol. The molecule has 1 N–H and O–H groups in total. The summed E-state index contributed by atoms with van der Waals surface area (Å²) in [6, 6.07) is 0. The highest BCUT2D eigenvalue weighted by molar-refractivity contribution is 5.85. The summed E-state index contributed by atoms with van der Waals surface area (Å²) in [5, 5.41) is 3.51. The van der Waals surface area contributed by atoms with E-state index in [1.165, 1.54) is 25.8 Å². The molecule has 2 aliphatic heterocycles. The van der Waals surface area contributed by atoms with Gasteiger partial charge < -0.3 is 10.1 Å². The van der Waals surface area contributed by atoms with Crippen molar-refractivity contribution < 1.29 is 4.74 Å². The topological polar surface area (TPSA) is 21.3 Å². The monoisotopic (exact) mass is 163 g/mol. The fraction of sp³-hybridized carbons (Fsp3) is 1.00. The van der Waals surface area contributed by atoms with Crippen molar-refractivity contribution in [1.29, 1.82) is 0 Å². The van der Waals surface area contributed by atoms with Crippen molar-refractivity contribution in [2.24, 2.45) is 0 Å². The van der Waals surface area contributed by atoms with Crippen LogP contribution in [0.2, 0.25) is 0 Å². The van der Waals surface area contributed by atoms with Crippen LogP contribution < -0.4 is 5.32 Å². The normalized spacial score (nSPS) is 38.4. The van der Waals surface area contributed by atoms with Gasteiger partial charge in [-0.05, 0) is 25.8 Å². The molecule has 0 aromatic carbocycles. The highest BCUT2D eigenvalue weighted by atomic mass is 35.5. The molecule has 2 aliphatic rings. The van der Waals surface area contributed by atoms with Crippen molar-refractivity contribution in [3.63, 3.8) is 0 Å². The second-order valence-corrected chi connectivity index (χ2v) is 3.11. The molecule has 1 spiro atoms. The van der Waals surface area contributed by atoms with Gasteiger partial charge in [0.25, 0.3) is 0 Å². The lowest BCUT2D eigenvalue weighted by atomic mass is 9.97. The Morgan fingerprint density at radius 3 is 2.70 bits per heavy atom. The summed E-state index contributed by atoms with van der Waals surface area (Å²) in [6.07, 6.45) is 3.89. The molecule has 2 rings (SSSR count). The standard InChI is InChI=1S/C7H13NO.ClH/c1-2-7(8-4-1)3-5-9-6-7;/h8H,1-6H2;1H. The number of rotatable bonds is 0. The Balaban J connectivity index is 0.000000500. The maximum absolute atomic E-state index is 5.32. The summed E-state index contributed by atoms with van der Waals surface area (Å²) in [4.78, 5) is 0. The van der Waals surface area contributed by atoms with Crippen LogP contribution in [-0.2, 0) is 4.74 Å². The van der Waals surface area contributed by atoms with E-state index >= 15 is 0 Å². The van der Waals surface area contributed by atoms with Crippen molar-refractivity contribution in [2.45, 2.75) is 24.8 Å². The number of ether oxygens (including phenoxy) is 1. The van der Waals surface area contributed by atoms with Crippen LogP contribution in [0.25, 0.3) is 0 Å². The summed E-state index contributed by atoms with van der Waals surface area (Å²) in [7, 11) is 0. The highest BCUT2D eigenvalue weighted by Crippen LogP contribution is 2.27. The lowest BCUT2D eigenvalue weighted by molar-refractivity contribution is 0.173. The molecule has 2 saturated heterocycles. The summed E-state index contributed by atoms with van der Waals surface area (Å²) in [5.41, 5.74) is 0.417. The molecule has 2 heterocycles. The summed E-state index contributed by atoms with van der Waals surface area (Å²) < 4.78 is 5.32. The molecule has 0 amide bonds. The maximum Gasteiger partial charge on any atom is 0.0649 e. The number of hydrogen-bond donors (Lipinski definition) is 1. The van der Waals surface area contributed by atoms with Gasteiger partial charge in [0.15, 0.2) is 0 Å². The minimum Gasteiger partial charge on any atom is -0.379 e. The van der Waals surface area contributed by atoms with Crippen molar-refractivity contribution in [1.82, 2.24) is 5.32 Å². The van der Waals surface area contributed by atoms with Crippen LogP contribution in [0.4, 0.5) is 0 Å². The van der Waals surface area contributed by atoms with Crippen molar-refractivity contribution in [2.75, 3.05) is 19.8 Å². The zero-order chi connectivity index (χ0) is 6.16. The molecule has 0 bridgehead atoms. The Hall–Kier alpha value is 0.210. The average Bonchev–Trinajstić information content (AvgIpc) is 2.45. The minimum absolute atomic E-state index is 0. The average molecular weight is 164 g/mol. The largest absolute Gasteiger partial charge is 0.379 e. The lowest BCUT2D eigenvalue weighted by Gasteiger charge is -2.19. The van der Waals surface area contributed by atoms with E-state index in [1.54, 1.807) is 0 Å². The molecule has 2 nitrogen and oxygen atoms in total. The molecular formula is C7H14ClNO. The molecule has 0 radical (unpaired) electrons. The third kappa shape index (κ3) is 1.29. The second-order valence-electron chi connectivity index (χ2n) is 3.11. The fourth-order valence-electron chi connectivity index (χ4n) is 1.81. The zero-order valence-corrected chi connectivity index (χ0v) is 6.88. The number of nitrogens with one attached hydrogen (secondary N) is 1. The van der Waals surface area contributed by atoms with E-state index < -0.39 is 0 Å². The third-order valence-electron chi connectivity index (χ3n) is 2.44. The highest BCUT2D eigenvalue weighted by Gasteiger charge is 2.36. The SMILES string of the molecule is C1CNC2(C1)CCOC2.Cl. The van der Waals surface area contributed by atoms with Gasteiger partial charge in [0.1, 0.15) is 0 Å². The maximum atomic E-state index is 5.32. The first-order valence-corrected chi connectivity index (χ1v) is 3.74. The second kappa shape index (κ2) is 3.07. The zero-order valence-electron chi connectivity index (χ0n) is 6.06. The van der Waals surface area contributed by atoms with Gasteiger partial charge in [-0.1, -0.05) is 0 Å². The van der Waals surface area contributed by atoms with Crippen LogP contribution in [0, 0.1) is 0 Å². The minimum atomic E-state index is 0. The molecule has 1 atom stereocenters. The van der Waals surface area contributed by atoms with Crippen LogP contribution in [-0.4, -0.2) is 25.3 Å².